The van der Waals surface area contributed by atoms with Gasteiger partial charge >= 0.3 is 0 Å². The van der Waals surface area contributed by atoms with Crippen LogP contribution in [-0.4, -0.2) is 19.4 Å². The van der Waals surface area contributed by atoms with Gasteiger partial charge in [0.25, 0.3) is 8.32 Å². The van der Waals surface area contributed by atoms with Crippen molar-refractivity contribution in [1.29, 1.82) is 0 Å². The van der Waals surface area contributed by atoms with Crippen LogP contribution in [0.1, 0.15) is 46.0 Å². The maximum Gasteiger partial charge on any atom is 0.258 e. The molecule has 26 heavy (non-hydrogen) atoms. The van der Waals surface area contributed by atoms with Gasteiger partial charge in [0.15, 0.2) is 0 Å². The van der Waals surface area contributed by atoms with Crippen molar-refractivity contribution < 1.29 is 9.59 Å². The molecular formula is C23H30O2Si. The molecule has 0 bridgehead atoms. The largest absolute Gasteiger partial charge is 0.424 e. The number of rotatable bonds is 6. The summed E-state index contributed by atoms with van der Waals surface area (Å²) in [6.45, 7) is 4.48. The van der Waals surface area contributed by atoms with Crippen LogP contribution in [0.15, 0.2) is 60.7 Å². The van der Waals surface area contributed by atoms with Crippen molar-refractivity contribution in [3.8, 4) is 0 Å². The van der Waals surface area contributed by atoms with Gasteiger partial charge in [0, 0.05) is 5.92 Å². The highest BCUT2D eigenvalue weighted by Gasteiger charge is 2.50. The first-order valence-electron chi connectivity index (χ1n) is 9.76. The third kappa shape index (κ3) is 3.69. The maximum atomic E-state index is 12.2. The highest BCUT2D eigenvalue weighted by Crippen LogP contribution is 2.45. The van der Waals surface area contributed by atoms with Gasteiger partial charge in [-0.1, -0.05) is 74.5 Å². The highest BCUT2D eigenvalue weighted by molar-refractivity contribution is 6.98. The van der Waals surface area contributed by atoms with Crippen molar-refractivity contribution in [2.45, 2.75) is 51.0 Å². The molecule has 0 heterocycles. The van der Waals surface area contributed by atoms with E-state index in [4.69, 9.17) is 0 Å². The van der Waals surface area contributed by atoms with Crippen LogP contribution in [0.25, 0.3) is 0 Å². The quantitative estimate of drug-likeness (QED) is 0.621. The minimum absolute atomic E-state index is 0.186. The molecular weight excluding hydrogens is 336 g/mol. The Morgan fingerprint density at radius 3 is 1.81 bits per heavy atom. The first-order chi connectivity index (χ1) is 12.5. The summed E-state index contributed by atoms with van der Waals surface area (Å²) in [7, 11) is -2.91. The normalized spacial score (nSPS) is 21.3. The van der Waals surface area contributed by atoms with E-state index in [0.717, 1.165) is 48.8 Å². The van der Waals surface area contributed by atoms with Crippen molar-refractivity contribution in [3.63, 3.8) is 0 Å². The van der Waals surface area contributed by atoms with Crippen LogP contribution >= 0.6 is 0 Å². The van der Waals surface area contributed by atoms with E-state index in [-0.39, 0.29) is 11.0 Å². The minimum Gasteiger partial charge on any atom is -0.424 e. The monoisotopic (exact) mass is 366 g/mol. The summed E-state index contributed by atoms with van der Waals surface area (Å²) in [5.74, 6) is 0.835. The van der Waals surface area contributed by atoms with E-state index >= 15 is 0 Å². The number of hydrogen-bond donors (Lipinski definition) is 1. The Morgan fingerprint density at radius 2 is 1.38 bits per heavy atom. The number of carbonyl (C=O) groups is 1. The fourth-order valence-corrected chi connectivity index (χ4v) is 8.53. The molecule has 2 nitrogen and oxygen atoms in total. The molecule has 0 amide bonds. The molecule has 0 radical (unpaired) electrons. The van der Waals surface area contributed by atoms with Gasteiger partial charge in [-0.25, -0.2) is 0 Å². The SMILES string of the molecule is CC(C)(CC1CCC(C=O)CC1)[Si](O)(c1ccccc1)c1ccccc1. The molecule has 1 aliphatic carbocycles. The van der Waals surface area contributed by atoms with Crippen molar-refractivity contribution >= 4 is 25.0 Å². The van der Waals surface area contributed by atoms with E-state index in [9.17, 15) is 9.59 Å². The lowest BCUT2D eigenvalue weighted by atomic mass is 9.79. The lowest BCUT2D eigenvalue weighted by Crippen LogP contribution is -2.65. The Kier molecular flexibility index (Phi) is 5.78. The Labute approximate surface area is 158 Å². The van der Waals surface area contributed by atoms with E-state index in [1.165, 1.54) is 0 Å². The maximum absolute atomic E-state index is 12.2. The predicted octanol–water partition coefficient (Wildman–Crippen LogP) is 3.91. The molecule has 138 valence electrons. The van der Waals surface area contributed by atoms with E-state index in [1.54, 1.807) is 0 Å². The third-order valence-corrected chi connectivity index (χ3v) is 10.7. The van der Waals surface area contributed by atoms with Crippen LogP contribution in [0, 0.1) is 11.8 Å². The van der Waals surface area contributed by atoms with Crippen molar-refractivity contribution in [2.75, 3.05) is 0 Å². The van der Waals surface area contributed by atoms with Crippen LogP contribution in [0.4, 0.5) is 0 Å². The zero-order valence-electron chi connectivity index (χ0n) is 15.9. The van der Waals surface area contributed by atoms with Gasteiger partial charge in [-0.15, -0.1) is 0 Å². The Morgan fingerprint density at radius 1 is 0.923 bits per heavy atom. The summed E-state index contributed by atoms with van der Waals surface area (Å²) < 4.78 is 0. The molecule has 1 saturated carbocycles. The second kappa shape index (κ2) is 7.89. The average molecular weight is 367 g/mol. The van der Waals surface area contributed by atoms with E-state index in [2.05, 4.69) is 38.1 Å². The lowest BCUT2D eigenvalue weighted by Gasteiger charge is -2.44. The first-order valence-corrected chi connectivity index (χ1v) is 11.7. The van der Waals surface area contributed by atoms with E-state index in [0.29, 0.717) is 5.92 Å². The molecule has 0 saturated heterocycles. The highest BCUT2D eigenvalue weighted by atomic mass is 28.4. The molecule has 0 aromatic heterocycles. The summed E-state index contributed by atoms with van der Waals surface area (Å²) in [4.78, 5) is 23.2. The van der Waals surface area contributed by atoms with Crippen LogP contribution < -0.4 is 10.4 Å². The second-order valence-electron chi connectivity index (χ2n) is 8.45. The van der Waals surface area contributed by atoms with Gasteiger partial charge in [0.05, 0.1) is 0 Å². The minimum atomic E-state index is -2.91. The molecule has 1 aliphatic rings. The number of carbonyl (C=O) groups excluding carboxylic acids is 1. The summed E-state index contributed by atoms with van der Waals surface area (Å²) in [6.07, 6.45) is 6.33. The van der Waals surface area contributed by atoms with Crippen molar-refractivity contribution in [2.24, 2.45) is 11.8 Å². The van der Waals surface area contributed by atoms with Crippen molar-refractivity contribution in [3.05, 3.63) is 60.7 Å². The van der Waals surface area contributed by atoms with E-state index < -0.39 is 8.32 Å². The molecule has 0 unspecified atom stereocenters. The Bertz CT molecular complexity index is 664. The fraction of sp³-hybridized carbons (Fsp3) is 0.435. The van der Waals surface area contributed by atoms with Gasteiger partial charge in [-0.05, 0) is 53.4 Å². The molecule has 0 atom stereocenters. The molecule has 0 aliphatic heterocycles. The van der Waals surface area contributed by atoms with Gasteiger partial charge in [-0.2, -0.15) is 0 Å². The summed E-state index contributed by atoms with van der Waals surface area (Å²) >= 11 is 0. The zero-order valence-corrected chi connectivity index (χ0v) is 16.9. The van der Waals surface area contributed by atoms with Gasteiger partial charge in [-0.3, -0.25) is 0 Å². The molecule has 0 spiro atoms. The first kappa shape index (κ1) is 19.1. The van der Waals surface area contributed by atoms with Crippen LogP contribution in [0.3, 0.4) is 0 Å². The van der Waals surface area contributed by atoms with Crippen LogP contribution in [0.2, 0.25) is 5.04 Å². The smallest absolute Gasteiger partial charge is 0.258 e. The number of benzene rings is 2. The van der Waals surface area contributed by atoms with Crippen LogP contribution in [0.5, 0.6) is 0 Å². The summed E-state index contributed by atoms with van der Waals surface area (Å²) in [6, 6.07) is 20.5. The standard InChI is InChI=1S/C23H30O2Si/c1-23(2,17-19-13-15-20(18-24)16-14-19)26(25,21-9-5-3-6-10-21)22-11-7-4-8-12-22/h3-12,18-20,25H,13-17H2,1-2H3. The second-order valence-corrected chi connectivity index (χ2v) is 12.4. The van der Waals surface area contributed by atoms with E-state index in [1.807, 2.05) is 36.4 Å². The average Bonchev–Trinajstić information content (AvgIpc) is 2.69. The predicted molar refractivity (Wildman–Crippen MR) is 110 cm³/mol. The lowest BCUT2D eigenvalue weighted by molar-refractivity contribution is -0.112. The molecule has 3 rings (SSSR count). The number of aldehydes is 1. The topological polar surface area (TPSA) is 37.3 Å². The molecule has 1 N–H and O–H groups in total. The fourth-order valence-electron chi connectivity index (χ4n) is 4.70. The third-order valence-electron chi connectivity index (χ3n) is 6.25. The number of hydrogen-bond acceptors (Lipinski definition) is 2. The molecule has 1 fully saturated rings. The van der Waals surface area contributed by atoms with Gasteiger partial charge in [0.1, 0.15) is 6.29 Å². The van der Waals surface area contributed by atoms with Crippen molar-refractivity contribution in [1.82, 2.24) is 0 Å². The summed E-state index contributed by atoms with van der Waals surface area (Å²) in [5, 5.41) is 1.98. The van der Waals surface area contributed by atoms with Gasteiger partial charge < -0.3 is 9.59 Å². The Hall–Kier alpha value is -1.71. The summed E-state index contributed by atoms with van der Waals surface area (Å²) in [5.41, 5.74) is 0. The Balaban J connectivity index is 1.92. The molecule has 2 aromatic rings. The van der Waals surface area contributed by atoms with Crippen LogP contribution in [-0.2, 0) is 4.79 Å². The molecule has 2 aromatic carbocycles. The zero-order chi connectivity index (χ0) is 18.6. The van der Waals surface area contributed by atoms with Gasteiger partial charge in [0.2, 0.25) is 0 Å². The molecule has 3 heteroatoms.